The Hall–Kier alpha value is -4.83. The van der Waals surface area contributed by atoms with Gasteiger partial charge in [0, 0.05) is 40.5 Å². The van der Waals surface area contributed by atoms with Crippen molar-refractivity contribution in [3.63, 3.8) is 0 Å². The maximum Gasteiger partial charge on any atom is 0.409 e. The highest BCUT2D eigenvalue weighted by molar-refractivity contribution is 7.81. The fourth-order valence-electron chi connectivity index (χ4n) is 5.37. The Kier molecular flexibility index (Phi) is 6.46. The van der Waals surface area contributed by atoms with E-state index in [1.807, 2.05) is 6.07 Å². The quantitative estimate of drug-likeness (QED) is 0.162. The Morgan fingerprint density at radius 3 is 2.60 bits per heavy atom. The molecule has 212 valence electrons. The van der Waals surface area contributed by atoms with E-state index in [4.69, 9.17) is 18.8 Å². The van der Waals surface area contributed by atoms with Gasteiger partial charge in [-0.1, -0.05) is 12.6 Å². The van der Waals surface area contributed by atoms with Gasteiger partial charge in [-0.05, 0) is 73.9 Å². The first-order valence-electron chi connectivity index (χ1n) is 12.8. The number of nitrogens with one attached hydrogen (secondary N) is 2. The van der Waals surface area contributed by atoms with Gasteiger partial charge >= 0.3 is 6.18 Å². The lowest BCUT2D eigenvalue weighted by Crippen LogP contribution is -2.55. The predicted octanol–water partition coefficient (Wildman–Crippen LogP) is 6.26. The minimum absolute atomic E-state index is 0.101. The van der Waals surface area contributed by atoms with Crippen LogP contribution in [0.1, 0.15) is 40.7 Å². The fourth-order valence-corrected chi connectivity index (χ4v) is 5.83. The van der Waals surface area contributed by atoms with Crippen molar-refractivity contribution in [2.45, 2.75) is 37.5 Å². The molecule has 42 heavy (non-hydrogen) atoms. The van der Waals surface area contributed by atoms with Crippen LogP contribution in [0.5, 0.6) is 0 Å². The molecule has 2 aromatic heterocycles. The molecule has 6 rings (SSSR count). The molecule has 1 spiro atoms. The maximum absolute atomic E-state index is 15.3. The number of amides is 2. The molecule has 2 N–H and O–H groups in total. The molecule has 0 bridgehead atoms. The van der Waals surface area contributed by atoms with Gasteiger partial charge in [-0.3, -0.25) is 14.5 Å². The van der Waals surface area contributed by atoms with Crippen LogP contribution in [-0.2, 0) is 17.5 Å². The molecule has 1 saturated carbocycles. The summed E-state index contributed by atoms with van der Waals surface area (Å²) in [6.07, 6.45) is -0.701. The third-order valence-corrected chi connectivity index (χ3v) is 8.03. The average molecular weight is 593 g/mol. The van der Waals surface area contributed by atoms with Gasteiger partial charge < -0.3 is 20.0 Å². The maximum atomic E-state index is 15.3. The number of carbonyl (C=O) groups is 2. The van der Waals surface area contributed by atoms with Crippen molar-refractivity contribution < 1.29 is 27.2 Å². The fraction of sp³-hybridized carbons (Fsp3) is 0.207. The molecular formula is C29H20F4N6O2S. The van der Waals surface area contributed by atoms with Gasteiger partial charge in [-0.2, -0.15) is 13.2 Å². The van der Waals surface area contributed by atoms with Crippen molar-refractivity contribution in [2.24, 2.45) is 0 Å². The van der Waals surface area contributed by atoms with E-state index in [1.165, 1.54) is 17.0 Å². The zero-order valence-corrected chi connectivity index (χ0v) is 22.4. The number of fused-ring (bicyclic) bond motifs is 1. The Balaban J connectivity index is 1.26. The summed E-state index contributed by atoms with van der Waals surface area (Å²) >= 11 is 5.57. The van der Waals surface area contributed by atoms with E-state index in [2.05, 4.69) is 20.1 Å². The third kappa shape index (κ3) is 4.35. The molecule has 1 aliphatic carbocycles. The number of carbonyl (C=O) groups excluding carboxylic acids is 2. The van der Waals surface area contributed by atoms with E-state index in [-0.39, 0.29) is 34.5 Å². The standard InChI is InChI=1S/C29H20F4N6O2S/c1-34-24-21(29(31,32)33)12-20(15-36-24)38-26(41)28(8-2-9-28)39(27(38)42)19-5-3-18(22(30)13-19)14-37-25(40)17-4-6-23-16(11-17)7-10-35-23/h3-7,10-13,15,35H,2,8-9,14H2,(H,37,40). The van der Waals surface area contributed by atoms with Gasteiger partial charge in [0.2, 0.25) is 0 Å². The summed E-state index contributed by atoms with van der Waals surface area (Å²) in [4.78, 5) is 38.3. The van der Waals surface area contributed by atoms with Crippen molar-refractivity contribution >= 4 is 57.2 Å². The van der Waals surface area contributed by atoms with Crippen molar-refractivity contribution in [1.29, 1.82) is 0 Å². The van der Waals surface area contributed by atoms with Crippen LogP contribution in [-0.4, -0.2) is 32.4 Å². The second-order valence-corrected chi connectivity index (χ2v) is 10.4. The smallest absolute Gasteiger partial charge is 0.361 e. The molecule has 0 unspecified atom stereocenters. The Bertz CT molecular complexity index is 1820. The lowest BCUT2D eigenvalue weighted by Gasteiger charge is -2.43. The normalized spacial score (nSPS) is 16.2. The molecule has 1 aliphatic heterocycles. The monoisotopic (exact) mass is 592 g/mol. The predicted molar refractivity (Wildman–Crippen MR) is 151 cm³/mol. The van der Waals surface area contributed by atoms with Crippen LogP contribution in [0.2, 0.25) is 0 Å². The third-order valence-electron chi connectivity index (χ3n) is 7.66. The number of hydrogen-bond acceptors (Lipinski definition) is 4. The largest absolute Gasteiger partial charge is 0.409 e. The van der Waals surface area contributed by atoms with E-state index in [0.29, 0.717) is 30.9 Å². The number of H-pyrrole nitrogens is 1. The highest BCUT2D eigenvalue weighted by atomic mass is 32.1. The van der Waals surface area contributed by atoms with Crippen LogP contribution in [0.4, 0.5) is 34.8 Å². The van der Waals surface area contributed by atoms with Gasteiger partial charge in [-0.15, -0.1) is 4.98 Å². The number of aromatic amines is 1. The molecule has 0 radical (unpaired) electrons. The van der Waals surface area contributed by atoms with E-state index < -0.39 is 34.8 Å². The molecule has 2 aromatic carbocycles. The summed E-state index contributed by atoms with van der Waals surface area (Å²) in [6.45, 7) is 6.91. The van der Waals surface area contributed by atoms with Crippen LogP contribution in [0.3, 0.4) is 0 Å². The van der Waals surface area contributed by atoms with Gasteiger partial charge in [0.25, 0.3) is 17.6 Å². The lowest BCUT2D eigenvalue weighted by atomic mass is 9.75. The summed E-state index contributed by atoms with van der Waals surface area (Å²) in [5.41, 5.74) is -0.936. The molecule has 0 atom stereocenters. The van der Waals surface area contributed by atoms with E-state index in [1.54, 1.807) is 30.5 Å². The topological polar surface area (TPSA) is 85.7 Å². The molecular weight excluding hydrogens is 572 g/mol. The zero-order valence-electron chi connectivity index (χ0n) is 21.6. The van der Waals surface area contributed by atoms with E-state index in [0.717, 1.165) is 22.0 Å². The van der Waals surface area contributed by atoms with Crippen LogP contribution < -0.4 is 15.1 Å². The molecule has 1 saturated heterocycles. The summed E-state index contributed by atoms with van der Waals surface area (Å²) in [6, 6.07) is 11.9. The van der Waals surface area contributed by atoms with Crippen molar-refractivity contribution in [1.82, 2.24) is 15.3 Å². The number of anilines is 2. The SMILES string of the molecule is [C-]#[N+]c1ncc(N2C(=O)C3(CCC3)N(c3ccc(CNC(=O)c4ccc5[nH]ccc5c4)c(F)c3)C2=S)cc1C(F)(F)F. The minimum atomic E-state index is -4.87. The van der Waals surface area contributed by atoms with Gasteiger partial charge in [0.15, 0.2) is 5.11 Å². The number of alkyl halides is 3. The van der Waals surface area contributed by atoms with Crippen LogP contribution >= 0.6 is 12.2 Å². The summed E-state index contributed by atoms with van der Waals surface area (Å²) in [7, 11) is 0. The van der Waals surface area contributed by atoms with Crippen molar-refractivity contribution in [3.8, 4) is 0 Å². The molecule has 2 fully saturated rings. The Morgan fingerprint density at radius 2 is 1.93 bits per heavy atom. The van der Waals surface area contributed by atoms with Crippen LogP contribution in [0, 0.1) is 12.4 Å². The molecule has 4 aromatic rings. The molecule has 13 heteroatoms. The Labute approximate surface area is 241 Å². The molecule has 2 aliphatic rings. The number of benzene rings is 2. The number of hydrogen-bond donors (Lipinski definition) is 2. The molecule has 3 heterocycles. The van der Waals surface area contributed by atoms with Crippen LogP contribution in [0.25, 0.3) is 15.7 Å². The summed E-state index contributed by atoms with van der Waals surface area (Å²) in [5, 5.41) is 3.44. The lowest BCUT2D eigenvalue weighted by molar-refractivity contribution is -0.137. The molecule has 2 amide bonds. The highest BCUT2D eigenvalue weighted by Crippen LogP contribution is 2.48. The first-order valence-corrected chi connectivity index (χ1v) is 13.2. The molecule has 8 nitrogen and oxygen atoms in total. The first kappa shape index (κ1) is 27.3. The van der Waals surface area contributed by atoms with Crippen molar-refractivity contribution in [2.75, 3.05) is 9.80 Å². The second kappa shape index (κ2) is 9.92. The van der Waals surface area contributed by atoms with Gasteiger partial charge in [-0.25, -0.2) is 4.39 Å². The van der Waals surface area contributed by atoms with Crippen LogP contribution in [0.15, 0.2) is 60.9 Å². The summed E-state index contributed by atoms with van der Waals surface area (Å²) < 4.78 is 56.1. The Morgan fingerprint density at radius 1 is 1.14 bits per heavy atom. The first-order chi connectivity index (χ1) is 20.0. The van der Waals surface area contributed by atoms with Gasteiger partial charge in [0.05, 0.1) is 11.3 Å². The van der Waals surface area contributed by atoms with E-state index >= 15 is 4.39 Å². The average Bonchev–Trinajstić information content (AvgIpc) is 3.50. The number of nitrogens with zero attached hydrogens (tertiary/aromatic N) is 4. The van der Waals surface area contributed by atoms with Crippen molar-refractivity contribution in [3.05, 3.63) is 94.8 Å². The minimum Gasteiger partial charge on any atom is -0.361 e. The highest BCUT2D eigenvalue weighted by Gasteiger charge is 2.60. The number of thiocarbonyl (C=S) groups is 1. The van der Waals surface area contributed by atoms with Gasteiger partial charge in [0.1, 0.15) is 17.6 Å². The number of rotatable bonds is 5. The second-order valence-electron chi connectivity index (χ2n) is 10.1. The zero-order chi connectivity index (χ0) is 29.8. The summed E-state index contributed by atoms with van der Waals surface area (Å²) in [5.74, 6) is -2.42. The number of aromatic nitrogens is 2. The van der Waals surface area contributed by atoms with E-state index in [9.17, 15) is 22.8 Å². The number of pyridine rings is 1. The number of halogens is 4.